The molecule has 1 N–H and O–H groups in total. The van der Waals surface area contributed by atoms with Crippen molar-refractivity contribution in [1.82, 2.24) is 4.31 Å². The molecule has 1 aliphatic rings. The van der Waals surface area contributed by atoms with Gasteiger partial charge in [-0.05, 0) is 61.7 Å². The number of nitrogens with zero attached hydrogens (tertiary/aromatic N) is 1. The second-order valence-electron chi connectivity index (χ2n) is 7.14. The second kappa shape index (κ2) is 10.5. The molecule has 2 aromatic carbocycles. The number of sulfonamides is 1. The van der Waals surface area contributed by atoms with Gasteiger partial charge in [0.15, 0.2) is 11.5 Å². The Morgan fingerprint density at radius 3 is 2.38 bits per heavy atom. The van der Waals surface area contributed by atoms with Crippen molar-refractivity contribution in [3.63, 3.8) is 0 Å². The number of ether oxygens (including phenoxy) is 3. The monoisotopic (exact) mass is 460 g/mol. The Hall–Kier alpha value is -3.04. The summed E-state index contributed by atoms with van der Waals surface area (Å²) in [6, 6.07) is 9.93. The van der Waals surface area contributed by atoms with Crippen LogP contribution in [0.25, 0.3) is 6.08 Å². The SMILES string of the molecule is CCOc1ccc(NC(=O)/C=C/c2ccc(OC)c(OC)c2)cc1S(=O)(=O)N1CCCC1. The van der Waals surface area contributed by atoms with E-state index in [1.54, 1.807) is 50.4 Å². The van der Waals surface area contributed by atoms with E-state index in [0.717, 1.165) is 18.4 Å². The van der Waals surface area contributed by atoms with Crippen molar-refractivity contribution >= 4 is 27.7 Å². The molecule has 0 unspecified atom stereocenters. The van der Waals surface area contributed by atoms with Crippen molar-refractivity contribution in [2.24, 2.45) is 0 Å². The van der Waals surface area contributed by atoms with Crippen LogP contribution in [0.15, 0.2) is 47.4 Å². The number of anilines is 1. The number of methoxy groups -OCH3 is 2. The van der Waals surface area contributed by atoms with Gasteiger partial charge in [-0.1, -0.05) is 6.07 Å². The van der Waals surface area contributed by atoms with Gasteiger partial charge >= 0.3 is 0 Å². The Labute approximate surface area is 188 Å². The van der Waals surface area contributed by atoms with Crippen LogP contribution in [0.4, 0.5) is 5.69 Å². The third kappa shape index (κ3) is 5.41. The van der Waals surface area contributed by atoms with Gasteiger partial charge in [0.25, 0.3) is 0 Å². The number of hydrogen-bond acceptors (Lipinski definition) is 6. The molecule has 0 radical (unpaired) electrons. The van der Waals surface area contributed by atoms with Gasteiger partial charge in [0.1, 0.15) is 10.6 Å². The van der Waals surface area contributed by atoms with Crippen LogP contribution in [0.5, 0.6) is 17.2 Å². The van der Waals surface area contributed by atoms with Crippen molar-refractivity contribution in [1.29, 1.82) is 0 Å². The molecule has 8 nitrogen and oxygen atoms in total. The fraction of sp³-hybridized carbons (Fsp3) is 0.348. The zero-order valence-electron chi connectivity index (χ0n) is 18.5. The lowest BCUT2D eigenvalue weighted by Crippen LogP contribution is -2.28. The van der Waals surface area contributed by atoms with Gasteiger partial charge in [0.05, 0.1) is 20.8 Å². The third-order valence-corrected chi connectivity index (χ3v) is 6.95. The Balaban J connectivity index is 1.79. The first-order chi connectivity index (χ1) is 15.4. The molecule has 0 bridgehead atoms. The smallest absolute Gasteiger partial charge is 0.248 e. The summed E-state index contributed by atoms with van der Waals surface area (Å²) >= 11 is 0. The average molecular weight is 461 g/mol. The molecule has 0 aromatic heterocycles. The minimum atomic E-state index is -3.71. The molecule has 1 aliphatic heterocycles. The summed E-state index contributed by atoms with van der Waals surface area (Å²) in [4.78, 5) is 12.5. The predicted molar refractivity (Wildman–Crippen MR) is 123 cm³/mol. The highest BCUT2D eigenvalue weighted by molar-refractivity contribution is 7.89. The van der Waals surface area contributed by atoms with E-state index < -0.39 is 15.9 Å². The zero-order chi connectivity index (χ0) is 23.1. The molecule has 3 rings (SSSR count). The Bertz CT molecular complexity index is 1090. The Morgan fingerprint density at radius 2 is 1.72 bits per heavy atom. The molecule has 0 saturated carbocycles. The highest BCUT2D eigenvalue weighted by atomic mass is 32.2. The van der Waals surface area contributed by atoms with Crippen molar-refractivity contribution < 1.29 is 27.4 Å². The maximum atomic E-state index is 13.1. The van der Waals surface area contributed by atoms with Crippen molar-refractivity contribution in [3.8, 4) is 17.2 Å². The molecule has 9 heteroatoms. The molecule has 32 heavy (non-hydrogen) atoms. The van der Waals surface area contributed by atoms with Gasteiger partial charge in [-0.2, -0.15) is 4.31 Å². The number of carbonyl (C=O) groups is 1. The van der Waals surface area contributed by atoms with Crippen molar-refractivity contribution in [3.05, 3.63) is 48.0 Å². The maximum Gasteiger partial charge on any atom is 0.248 e. The van der Waals surface area contributed by atoms with Crippen LogP contribution in [0.3, 0.4) is 0 Å². The van der Waals surface area contributed by atoms with Crippen LogP contribution in [0, 0.1) is 0 Å². The molecule has 0 spiro atoms. The van der Waals surface area contributed by atoms with Gasteiger partial charge in [-0.25, -0.2) is 8.42 Å². The van der Waals surface area contributed by atoms with E-state index in [4.69, 9.17) is 14.2 Å². The lowest BCUT2D eigenvalue weighted by molar-refractivity contribution is -0.111. The highest BCUT2D eigenvalue weighted by Gasteiger charge is 2.30. The van der Waals surface area contributed by atoms with Crippen LogP contribution >= 0.6 is 0 Å². The van der Waals surface area contributed by atoms with Crippen molar-refractivity contribution in [2.45, 2.75) is 24.7 Å². The molecule has 1 fully saturated rings. The number of rotatable bonds is 9. The standard InChI is InChI=1S/C23H28N2O6S/c1-4-31-20-11-9-18(16-22(20)32(27,28)25-13-5-6-14-25)24-23(26)12-8-17-7-10-19(29-2)21(15-17)30-3/h7-12,15-16H,4-6,13-14H2,1-3H3,(H,24,26)/b12-8+. The Kier molecular flexibility index (Phi) is 7.76. The van der Waals surface area contributed by atoms with Gasteiger partial charge in [-0.15, -0.1) is 0 Å². The zero-order valence-corrected chi connectivity index (χ0v) is 19.3. The summed E-state index contributed by atoms with van der Waals surface area (Å²) < 4.78 is 43.6. The molecular formula is C23H28N2O6S. The molecule has 1 heterocycles. The lowest BCUT2D eigenvalue weighted by Gasteiger charge is -2.19. The van der Waals surface area contributed by atoms with Crippen LogP contribution in [-0.4, -0.2) is 52.5 Å². The van der Waals surface area contributed by atoms with E-state index in [1.807, 2.05) is 0 Å². The number of amides is 1. The summed E-state index contributed by atoms with van der Waals surface area (Å²) in [7, 11) is -0.615. The first kappa shape index (κ1) is 23.6. The topological polar surface area (TPSA) is 94.2 Å². The molecule has 1 saturated heterocycles. The normalized spacial score (nSPS) is 14.5. The Morgan fingerprint density at radius 1 is 1.03 bits per heavy atom. The highest BCUT2D eigenvalue weighted by Crippen LogP contribution is 2.32. The lowest BCUT2D eigenvalue weighted by atomic mass is 10.2. The molecule has 0 aliphatic carbocycles. The first-order valence-corrected chi connectivity index (χ1v) is 11.8. The fourth-order valence-electron chi connectivity index (χ4n) is 3.44. The van der Waals surface area contributed by atoms with E-state index in [1.165, 1.54) is 23.6 Å². The largest absolute Gasteiger partial charge is 0.493 e. The molecule has 172 valence electrons. The fourth-order valence-corrected chi connectivity index (χ4v) is 5.12. The first-order valence-electron chi connectivity index (χ1n) is 10.4. The van der Waals surface area contributed by atoms with Crippen LogP contribution in [0.2, 0.25) is 0 Å². The minimum absolute atomic E-state index is 0.0583. The molecule has 2 aromatic rings. The summed E-state index contributed by atoms with van der Waals surface area (Å²) in [5, 5.41) is 2.72. The van der Waals surface area contributed by atoms with E-state index in [-0.39, 0.29) is 10.6 Å². The number of benzene rings is 2. The van der Waals surface area contributed by atoms with Crippen LogP contribution < -0.4 is 19.5 Å². The summed E-state index contributed by atoms with van der Waals surface area (Å²) in [5.41, 5.74) is 1.12. The van der Waals surface area contributed by atoms with Crippen LogP contribution in [-0.2, 0) is 14.8 Å². The quantitative estimate of drug-likeness (QED) is 0.576. The predicted octanol–water partition coefficient (Wildman–Crippen LogP) is 3.54. The number of nitrogens with one attached hydrogen (secondary N) is 1. The van der Waals surface area contributed by atoms with Crippen molar-refractivity contribution in [2.75, 3.05) is 39.2 Å². The summed E-state index contributed by atoms with van der Waals surface area (Å²) in [6.45, 7) is 3.10. The maximum absolute atomic E-state index is 13.1. The molecular weight excluding hydrogens is 432 g/mol. The average Bonchev–Trinajstić information content (AvgIpc) is 3.34. The van der Waals surface area contributed by atoms with E-state index in [2.05, 4.69) is 5.32 Å². The van der Waals surface area contributed by atoms with E-state index >= 15 is 0 Å². The summed E-state index contributed by atoms with van der Waals surface area (Å²) in [6.07, 6.45) is 4.67. The van der Waals surface area contributed by atoms with Crippen LogP contribution in [0.1, 0.15) is 25.3 Å². The van der Waals surface area contributed by atoms with Gasteiger partial charge in [-0.3, -0.25) is 4.79 Å². The van der Waals surface area contributed by atoms with Gasteiger partial charge in [0, 0.05) is 24.9 Å². The van der Waals surface area contributed by atoms with Gasteiger partial charge in [0.2, 0.25) is 15.9 Å². The van der Waals surface area contributed by atoms with E-state index in [9.17, 15) is 13.2 Å². The number of carbonyl (C=O) groups excluding carboxylic acids is 1. The minimum Gasteiger partial charge on any atom is -0.493 e. The second-order valence-corrected chi connectivity index (χ2v) is 9.05. The van der Waals surface area contributed by atoms with Gasteiger partial charge < -0.3 is 19.5 Å². The van der Waals surface area contributed by atoms with E-state index in [0.29, 0.717) is 36.9 Å². The third-order valence-electron chi connectivity index (χ3n) is 5.03. The summed E-state index contributed by atoms with van der Waals surface area (Å²) in [5.74, 6) is 1.03. The number of hydrogen-bond donors (Lipinski definition) is 1. The molecule has 1 amide bonds. The molecule has 0 atom stereocenters.